The lowest BCUT2D eigenvalue weighted by Gasteiger charge is -2.37. The molecule has 0 spiro atoms. The number of benzene rings is 1. The van der Waals surface area contributed by atoms with Crippen molar-refractivity contribution in [3.63, 3.8) is 0 Å². The summed E-state index contributed by atoms with van der Waals surface area (Å²) in [6, 6.07) is 6.22. The lowest BCUT2D eigenvalue weighted by atomic mass is 9.90. The van der Waals surface area contributed by atoms with Crippen molar-refractivity contribution >= 4 is 15.9 Å². The van der Waals surface area contributed by atoms with Crippen LogP contribution in [0.4, 0.5) is 0 Å². The molecule has 0 radical (unpaired) electrons. The van der Waals surface area contributed by atoms with Gasteiger partial charge in [-0.3, -0.25) is 0 Å². The number of rotatable bonds is 2. The van der Waals surface area contributed by atoms with E-state index in [0.29, 0.717) is 0 Å². The van der Waals surface area contributed by atoms with Gasteiger partial charge in [0.05, 0.1) is 13.2 Å². The van der Waals surface area contributed by atoms with Crippen LogP contribution in [0.5, 0.6) is 5.75 Å². The van der Waals surface area contributed by atoms with E-state index in [1.54, 1.807) is 7.11 Å². The lowest BCUT2D eigenvalue weighted by Crippen LogP contribution is -2.39. The zero-order valence-electron chi connectivity index (χ0n) is 9.71. The molecular weight excluding hydrogens is 270 g/mol. The fourth-order valence-electron chi connectivity index (χ4n) is 2.07. The highest BCUT2D eigenvalue weighted by Crippen LogP contribution is 2.40. The Hall–Kier alpha value is -0.580. The van der Waals surface area contributed by atoms with Crippen LogP contribution in [0.3, 0.4) is 0 Å². The third kappa shape index (κ3) is 2.39. The van der Waals surface area contributed by atoms with E-state index in [4.69, 9.17) is 9.57 Å². The zero-order chi connectivity index (χ0) is 11.8. The molecule has 16 heavy (non-hydrogen) atoms. The van der Waals surface area contributed by atoms with Crippen molar-refractivity contribution in [2.45, 2.75) is 31.9 Å². The Morgan fingerprint density at radius 1 is 1.50 bits per heavy atom. The Morgan fingerprint density at radius 2 is 2.25 bits per heavy atom. The van der Waals surface area contributed by atoms with E-state index in [1.807, 2.05) is 12.1 Å². The summed E-state index contributed by atoms with van der Waals surface area (Å²) < 4.78 is 6.99. The predicted octanol–water partition coefficient (Wildman–Crippen LogP) is 3.20. The van der Waals surface area contributed by atoms with Crippen LogP contribution in [0.15, 0.2) is 22.7 Å². The van der Waals surface area contributed by atoms with Crippen molar-refractivity contribution in [2.75, 3.05) is 7.11 Å². The number of fused-ring (bicyclic) bond motifs is 1. The molecule has 0 amide bonds. The van der Waals surface area contributed by atoms with E-state index in [2.05, 4.69) is 41.3 Å². The fourth-order valence-corrected chi connectivity index (χ4v) is 2.45. The van der Waals surface area contributed by atoms with Crippen LogP contribution < -0.4 is 10.2 Å². The highest BCUT2D eigenvalue weighted by molar-refractivity contribution is 9.10. The molecule has 4 heteroatoms. The van der Waals surface area contributed by atoms with Crippen LogP contribution in [0.25, 0.3) is 0 Å². The maximum Gasteiger partial charge on any atom is 0.125 e. The average Bonchev–Trinajstić information content (AvgIpc) is 2.18. The molecule has 1 heterocycles. The molecular formula is C12H16BrNO2. The Bertz CT molecular complexity index is 393. The van der Waals surface area contributed by atoms with Crippen LogP contribution in [0.1, 0.15) is 31.9 Å². The van der Waals surface area contributed by atoms with E-state index >= 15 is 0 Å². The Kier molecular flexibility index (Phi) is 3.24. The van der Waals surface area contributed by atoms with Crippen LogP contribution >= 0.6 is 15.9 Å². The van der Waals surface area contributed by atoms with Crippen molar-refractivity contribution in [3.05, 3.63) is 28.2 Å². The molecule has 1 N–H and O–H groups in total. The Morgan fingerprint density at radius 3 is 2.94 bits per heavy atom. The third-order valence-corrected chi connectivity index (χ3v) is 3.18. The number of nitrogens with one attached hydrogen (secondary N) is 1. The number of hydrogen-bond donors (Lipinski definition) is 1. The molecule has 1 aromatic rings. The van der Waals surface area contributed by atoms with E-state index in [9.17, 15) is 0 Å². The third-order valence-electron chi connectivity index (χ3n) is 2.69. The van der Waals surface area contributed by atoms with Crippen molar-refractivity contribution < 1.29 is 9.57 Å². The van der Waals surface area contributed by atoms with Gasteiger partial charge in [-0.25, -0.2) is 0 Å². The maximum absolute atomic E-state index is 5.93. The molecule has 1 aromatic carbocycles. The van der Waals surface area contributed by atoms with Gasteiger partial charge in [0.2, 0.25) is 0 Å². The first-order chi connectivity index (χ1) is 7.52. The second-order valence-corrected chi connectivity index (χ2v) is 5.54. The molecule has 1 aliphatic heterocycles. The number of halogens is 1. The summed E-state index contributed by atoms with van der Waals surface area (Å²) in [5, 5.41) is 0. The van der Waals surface area contributed by atoms with Gasteiger partial charge in [-0.15, -0.1) is 0 Å². The standard InChI is InChI=1S/C12H16BrNO2/c1-12(2)7-10(14-15-3)9-6-8(13)4-5-11(9)16-12/h4-6,10,14H,7H2,1-3H3. The minimum Gasteiger partial charge on any atom is -0.487 e. The molecule has 0 saturated heterocycles. The molecule has 1 aliphatic rings. The second-order valence-electron chi connectivity index (χ2n) is 4.62. The molecule has 0 bridgehead atoms. The first-order valence-corrected chi connectivity index (χ1v) is 6.08. The van der Waals surface area contributed by atoms with Crippen LogP contribution in [0.2, 0.25) is 0 Å². The lowest BCUT2D eigenvalue weighted by molar-refractivity contribution is 0.00295. The van der Waals surface area contributed by atoms with Gasteiger partial charge in [-0.05, 0) is 32.0 Å². The summed E-state index contributed by atoms with van der Waals surface area (Å²) in [5.74, 6) is 0.925. The van der Waals surface area contributed by atoms with Gasteiger partial charge in [-0.2, -0.15) is 5.48 Å². The molecule has 0 aliphatic carbocycles. The summed E-state index contributed by atoms with van der Waals surface area (Å²) in [7, 11) is 1.64. The minimum absolute atomic E-state index is 0.168. The van der Waals surface area contributed by atoms with Gasteiger partial charge in [0.25, 0.3) is 0 Å². The van der Waals surface area contributed by atoms with Gasteiger partial charge >= 0.3 is 0 Å². The van der Waals surface area contributed by atoms with Gasteiger partial charge in [-0.1, -0.05) is 15.9 Å². The van der Waals surface area contributed by atoms with Crippen molar-refractivity contribution in [1.29, 1.82) is 0 Å². The van der Waals surface area contributed by atoms with E-state index in [0.717, 1.165) is 22.2 Å². The van der Waals surface area contributed by atoms with Crippen molar-refractivity contribution in [2.24, 2.45) is 0 Å². The van der Waals surface area contributed by atoms with E-state index in [-0.39, 0.29) is 11.6 Å². The van der Waals surface area contributed by atoms with Crippen LogP contribution in [-0.2, 0) is 4.84 Å². The maximum atomic E-state index is 5.93. The first-order valence-electron chi connectivity index (χ1n) is 5.29. The Balaban J connectivity index is 2.39. The zero-order valence-corrected chi connectivity index (χ0v) is 11.3. The van der Waals surface area contributed by atoms with Crippen molar-refractivity contribution in [1.82, 2.24) is 5.48 Å². The normalized spacial score (nSPS) is 22.4. The minimum atomic E-state index is -0.170. The second kappa shape index (κ2) is 4.35. The number of ether oxygens (including phenoxy) is 1. The number of hydrogen-bond acceptors (Lipinski definition) is 3. The van der Waals surface area contributed by atoms with Gasteiger partial charge in [0.1, 0.15) is 11.4 Å². The van der Waals surface area contributed by atoms with E-state index < -0.39 is 0 Å². The monoisotopic (exact) mass is 285 g/mol. The first kappa shape index (κ1) is 11.9. The van der Waals surface area contributed by atoms with Crippen LogP contribution in [-0.4, -0.2) is 12.7 Å². The predicted molar refractivity (Wildman–Crippen MR) is 66.4 cm³/mol. The van der Waals surface area contributed by atoms with Crippen molar-refractivity contribution in [3.8, 4) is 5.75 Å². The highest BCUT2D eigenvalue weighted by atomic mass is 79.9. The molecule has 3 nitrogen and oxygen atoms in total. The highest BCUT2D eigenvalue weighted by Gasteiger charge is 2.33. The summed E-state index contributed by atoms with van der Waals surface area (Å²) in [4.78, 5) is 5.05. The smallest absolute Gasteiger partial charge is 0.125 e. The van der Waals surface area contributed by atoms with Gasteiger partial charge in [0, 0.05) is 16.5 Å². The van der Waals surface area contributed by atoms with Crippen LogP contribution in [0, 0.1) is 0 Å². The molecule has 88 valence electrons. The summed E-state index contributed by atoms with van der Waals surface area (Å²) >= 11 is 3.47. The molecule has 1 atom stereocenters. The summed E-state index contributed by atoms with van der Waals surface area (Å²) in [6.45, 7) is 4.17. The average molecular weight is 286 g/mol. The van der Waals surface area contributed by atoms with Gasteiger partial charge < -0.3 is 9.57 Å². The molecule has 0 aromatic heterocycles. The largest absolute Gasteiger partial charge is 0.487 e. The summed E-state index contributed by atoms with van der Waals surface area (Å²) in [6.07, 6.45) is 0.879. The number of hydroxylamine groups is 1. The SMILES string of the molecule is CONC1CC(C)(C)Oc2ccc(Br)cc21. The van der Waals surface area contributed by atoms with Gasteiger partial charge in [0.15, 0.2) is 0 Å². The quantitative estimate of drug-likeness (QED) is 0.847. The topological polar surface area (TPSA) is 30.5 Å². The summed E-state index contributed by atoms with van der Waals surface area (Å²) in [5.41, 5.74) is 3.99. The van der Waals surface area contributed by atoms with E-state index in [1.165, 1.54) is 0 Å². The Labute approximate surface area is 104 Å². The molecule has 1 unspecified atom stereocenters. The molecule has 2 rings (SSSR count). The molecule has 0 fully saturated rings. The fraction of sp³-hybridized carbons (Fsp3) is 0.500. The molecule has 0 saturated carbocycles.